The second-order valence-corrected chi connectivity index (χ2v) is 9.09. The Hall–Kier alpha value is -3.82. The zero-order valence-corrected chi connectivity index (χ0v) is 18.8. The highest BCUT2D eigenvalue weighted by Gasteiger charge is 2.20. The number of benzene rings is 3. The molecule has 0 bridgehead atoms. The number of hydrogen-bond acceptors (Lipinski definition) is 6. The molecular formula is C23H18ClN3O5S. The van der Waals surface area contributed by atoms with Crippen LogP contribution in [0.5, 0.6) is 11.5 Å². The molecule has 10 heteroatoms. The van der Waals surface area contributed by atoms with Crippen LogP contribution < -0.4 is 14.8 Å². The maximum Gasteiger partial charge on any atom is 0.262 e. The predicted molar refractivity (Wildman–Crippen MR) is 127 cm³/mol. The maximum atomic E-state index is 13.0. The van der Waals surface area contributed by atoms with Gasteiger partial charge in [-0.25, -0.2) is 8.42 Å². The van der Waals surface area contributed by atoms with Crippen LogP contribution in [-0.4, -0.2) is 31.5 Å². The van der Waals surface area contributed by atoms with Crippen LogP contribution in [0.3, 0.4) is 0 Å². The van der Waals surface area contributed by atoms with Crippen LogP contribution in [0.25, 0.3) is 10.9 Å². The van der Waals surface area contributed by atoms with Crippen LogP contribution in [0.1, 0.15) is 10.4 Å². The van der Waals surface area contributed by atoms with Crippen LogP contribution in [0.4, 0.5) is 11.4 Å². The predicted octanol–water partition coefficient (Wildman–Crippen LogP) is 4.66. The molecule has 3 aromatic carbocycles. The van der Waals surface area contributed by atoms with E-state index in [1.54, 1.807) is 48.7 Å². The smallest absolute Gasteiger partial charge is 0.262 e. The number of phenols is 1. The number of halogens is 1. The summed E-state index contributed by atoms with van der Waals surface area (Å²) < 4.78 is 33.5. The van der Waals surface area contributed by atoms with E-state index in [0.29, 0.717) is 21.7 Å². The van der Waals surface area contributed by atoms with E-state index in [-0.39, 0.29) is 27.6 Å². The molecule has 0 atom stereocenters. The summed E-state index contributed by atoms with van der Waals surface area (Å²) in [6, 6.07) is 16.7. The number of methoxy groups -OCH3 is 1. The first-order valence-corrected chi connectivity index (χ1v) is 11.5. The van der Waals surface area contributed by atoms with Gasteiger partial charge in [0.25, 0.3) is 15.9 Å². The Kier molecular flexibility index (Phi) is 6.08. The molecule has 0 saturated carbocycles. The third-order valence-corrected chi connectivity index (χ3v) is 6.37. The summed E-state index contributed by atoms with van der Waals surface area (Å²) in [4.78, 5) is 17.0. The number of carbonyl (C=O) groups excluding carboxylic acids is 1. The number of fused-ring (bicyclic) bond motifs is 1. The van der Waals surface area contributed by atoms with E-state index in [1.807, 2.05) is 0 Å². The second kappa shape index (κ2) is 8.97. The summed E-state index contributed by atoms with van der Waals surface area (Å²) in [6.07, 6.45) is 1.54. The van der Waals surface area contributed by atoms with Crippen molar-refractivity contribution in [2.24, 2.45) is 0 Å². The number of pyridine rings is 1. The molecule has 1 amide bonds. The Morgan fingerprint density at radius 2 is 1.82 bits per heavy atom. The van der Waals surface area contributed by atoms with Gasteiger partial charge >= 0.3 is 0 Å². The summed E-state index contributed by atoms with van der Waals surface area (Å²) in [5, 5.41) is 13.8. The quantitative estimate of drug-likeness (QED) is 0.343. The van der Waals surface area contributed by atoms with Gasteiger partial charge in [-0.3, -0.25) is 14.5 Å². The zero-order valence-electron chi connectivity index (χ0n) is 17.2. The van der Waals surface area contributed by atoms with Gasteiger partial charge in [-0.1, -0.05) is 29.8 Å². The van der Waals surface area contributed by atoms with Crippen molar-refractivity contribution in [1.29, 1.82) is 0 Å². The minimum absolute atomic E-state index is 0.0908. The molecule has 168 valence electrons. The number of nitrogens with one attached hydrogen (secondary N) is 2. The fraction of sp³-hybridized carbons (Fsp3) is 0.0435. The number of ether oxygens (including phenoxy) is 1. The highest BCUT2D eigenvalue weighted by atomic mass is 35.5. The van der Waals surface area contributed by atoms with Gasteiger partial charge < -0.3 is 15.2 Å². The van der Waals surface area contributed by atoms with E-state index in [2.05, 4.69) is 15.0 Å². The number of sulfonamides is 1. The Labute approximate surface area is 194 Å². The highest BCUT2D eigenvalue weighted by molar-refractivity contribution is 7.92. The molecule has 8 nitrogen and oxygen atoms in total. The summed E-state index contributed by atoms with van der Waals surface area (Å²) >= 11 is 6.13. The van der Waals surface area contributed by atoms with Gasteiger partial charge in [0.1, 0.15) is 11.5 Å². The largest absolute Gasteiger partial charge is 0.506 e. The van der Waals surface area contributed by atoms with Crippen molar-refractivity contribution in [2.75, 3.05) is 17.1 Å². The molecular weight excluding hydrogens is 466 g/mol. The van der Waals surface area contributed by atoms with E-state index in [4.69, 9.17) is 16.3 Å². The number of aromatic nitrogens is 1. The van der Waals surface area contributed by atoms with Gasteiger partial charge in [-0.05, 0) is 48.5 Å². The minimum Gasteiger partial charge on any atom is -0.506 e. The number of rotatable bonds is 6. The number of carbonyl (C=O) groups is 1. The number of aromatic hydroxyl groups is 1. The number of para-hydroxylation sites is 2. The molecule has 0 aliphatic rings. The molecule has 0 radical (unpaired) electrons. The highest BCUT2D eigenvalue weighted by Crippen LogP contribution is 2.31. The van der Waals surface area contributed by atoms with Crippen molar-refractivity contribution in [3.63, 3.8) is 0 Å². The maximum absolute atomic E-state index is 13.0. The molecule has 0 unspecified atom stereocenters. The molecule has 4 aromatic rings. The van der Waals surface area contributed by atoms with Crippen molar-refractivity contribution in [3.05, 3.63) is 83.5 Å². The third-order valence-electron chi connectivity index (χ3n) is 4.79. The summed E-state index contributed by atoms with van der Waals surface area (Å²) in [5.74, 6) is -0.573. The summed E-state index contributed by atoms with van der Waals surface area (Å²) in [7, 11) is -2.63. The van der Waals surface area contributed by atoms with Crippen LogP contribution in [0, 0.1) is 0 Å². The first-order valence-electron chi connectivity index (χ1n) is 9.63. The number of nitrogens with zero attached hydrogens (tertiary/aromatic N) is 1. The molecule has 33 heavy (non-hydrogen) atoms. The van der Waals surface area contributed by atoms with Gasteiger partial charge in [0.05, 0.1) is 34.5 Å². The zero-order chi connectivity index (χ0) is 23.6. The lowest BCUT2D eigenvalue weighted by molar-refractivity contribution is 0.102. The third kappa shape index (κ3) is 4.69. The van der Waals surface area contributed by atoms with Crippen molar-refractivity contribution in [1.82, 2.24) is 4.98 Å². The Morgan fingerprint density at radius 3 is 2.61 bits per heavy atom. The fourth-order valence-corrected chi connectivity index (χ4v) is 4.56. The Bertz CT molecular complexity index is 1470. The molecule has 3 N–H and O–H groups in total. The molecule has 0 fully saturated rings. The Balaban J connectivity index is 1.66. The average molecular weight is 484 g/mol. The molecule has 0 aliphatic heterocycles. The van der Waals surface area contributed by atoms with Crippen LogP contribution in [0.15, 0.2) is 77.8 Å². The number of anilines is 2. The van der Waals surface area contributed by atoms with Crippen molar-refractivity contribution >= 4 is 49.8 Å². The molecule has 0 saturated heterocycles. The monoisotopic (exact) mass is 483 g/mol. The number of phenolic OH excluding ortho intramolecular Hbond substituents is 1. The average Bonchev–Trinajstić information content (AvgIpc) is 2.79. The summed E-state index contributed by atoms with van der Waals surface area (Å²) in [6.45, 7) is 0. The van der Waals surface area contributed by atoms with Crippen molar-refractivity contribution < 1.29 is 23.1 Å². The van der Waals surface area contributed by atoms with Crippen LogP contribution in [-0.2, 0) is 10.0 Å². The van der Waals surface area contributed by atoms with E-state index in [9.17, 15) is 18.3 Å². The molecule has 1 aromatic heterocycles. The van der Waals surface area contributed by atoms with Gasteiger partial charge in [0.2, 0.25) is 0 Å². The normalized spacial score (nSPS) is 11.2. The van der Waals surface area contributed by atoms with E-state index in [1.165, 1.54) is 25.3 Å². The molecule has 0 aliphatic carbocycles. The lowest BCUT2D eigenvalue weighted by Crippen LogP contribution is -2.16. The minimum atomic E-state index is -4.05. The van der Waals surface area contributed by atoms with Gasteiger partial charge in [0.15, 0.2) is 0 Å². The van der Waals surface area contributed by atoms with Gasteiger partial charge in [0, 0.05) is 16.6 Å². The van der Waals surface area contributed by atoms with Crippen molar-refractivity contribution in [2.45, 2.75) is 4.90 Å². The van der Waals surface area contributed by atoms with E-state index >= 15 is 0 Å². The fourth-order valence-electron chi connectivity index (χ4n) is 3.23. The van der Waals surface area contributed by atoms with Crippen LogP contribution >= 0.6 is 11.6 Å². The van der Waals surface area contributed by atoms with Crippen molar-refractivity contribution in [3.8, 4) is 11.5 Å². The lowest BCUT2D eigenvalue weighted by Gasteiger charge is -2.14. The molecule has 1 heterocycles. The van der Waals surface area contributed by atoms with E-state index in [0.717, 1.165) is 6.07 Å². The lowest BCUT2D eigenvalue weighted by atomic mass is 10.1. The second-order valence-electron chi connectivity index (χ2n) is 6.97. The number of amides is 1. The van der Waals surface area contributed by atoms with E-state index < -0.39 is 15.9 Å². The van der Waals surface area contributed by atoms with Gasteiger partial charge in [-0.15, -0.1) is 0 Å². The Morgan fingerprint density at radius 1 is 1.03 bits per heavy atom. The summed E-state index contributed by atoms with van der Waals surface area (Å²) in [5.41, 5.74) is 0.750. The first kappa shape index (κ1) is 22.4. The SMILES string of the molecule is COc1ccccc1NS(=O)(=O)c1ccc(O)c(NC(=O)c2cc(Cl)cc3cccnc23)c1. The first-order chi connectivity index (χ1) is 15.8. The molecule has 4 rings (SSSR count). The van der Waals surface area contributed by atoms with Gasteiger partial charge in [-0.2, -0.15) is 0 Å². The topological polar surface area (TPSA) is 118 Å². The van der Waals surface area contributed by atoms with Crippen LogP contribution in [0.2, 0.25) is 5.02 Å². The standard InChI is InChI=1S/C23H18ClN3O5S/c1-32-21-7-3-2-6-18(21)27-33(30,31)16-8-9-20(28)19(13-16)26-23(29)17-12-15(24)11-14-5-4-10-25-22(14)17/h2-13,27-28H,1H3,(H,26,29). The molecule has 0 spiro atoms. The number of hydrogen-bond donors (Lipinski definition) is 3.